The van der Waals surface area contributed by atoms with E-state index in [1.54, 1.807) is 0 Å². The smallest absolute Gasteiger partial charge is 0.223 e. The highest BCUT2D eigenvalue weighted by Gasteiger charge is 2.46. The molecule has 0 aromatic rings. The monoisotopic (exact) mass is 450 g/mol. The summed E-state index contributed by atoms with van der Waals surface area (Å²) in [6, 6.07) is 0.402. The highest BCUT2D eigenvalue weighted by molar-refractivity contribution is 5.84. The zero-order valence-corrected chi connectivity index (χ0v) is 23.0. The number of likely N-dealkylation sites (tertiary alicyclic amines) is 2. The molecule has 6 heteroatoms. The number of amides is 2. The quantitative estimate of drug-likeness (QED) is 0.635. The van der Waals surface area contributed by atoms with Gasteiger partial charge in [-0.25, -0.2) is 0 Å². The van der Waals surface area contributed by atoms with Crippen LogP contribution in [-0.4, -0.2) is 93.8 Å². The van der Waals surface area contributed by atoms with Crippen molar-refractivity contribution in [2.24, 2.45) is 0 Å². The van der Waals surface area contributed by atoms with E-state index < -0.39 is 0 Å². The van der Waals surface area contributed by atoms with Crippen LogP contribution in [0.3, 0.4) is 0 Å². The standard InChI is InChI=1S/C26H50N4O2/c1-23(2)15-19(16-24(3,4)29(23)11)27(9)21(31)13-14-22(32)28(10)20-17-25(5,6)30(12)26(7,8)18-20/h19-20H,13-18H2,1-12H3. The van der Waals surface area contributed by atoms with Gasteiger partial charge < -0.3 is 9.80 Å². The highest BCUT2D eigenvalue weighted by Crippen LogP contribution is 2.40. The minimum Gasteiger partial charge on any atom is -0.343 e. The predicted molar refractivity (Wildman–Crippen MR) is 133 cm³/mol. The second-order valence-corrected chi connectivity index (χ2v) is 13.0. The lowest BCUT2D eigenvalue weighted by Crippen LogP contribution is -2.63. The first-order valence-corrected chi connectivity index (χ1v) is 12.3. The van der Waals surface area contributed by atoms with Crippen molar-refractivity contribution in [2.75, 3.05) is 28.2 Å². The van der Waals surface area contributed by atoms with E-state index in [9.17, 15) is 9.59 Å². The molecule has 2 fully saturated rings. The fourth-order valence-electron chi connectivity index (χ4n) is 6.16. The van der Waals surface area contributed by atoms with Crippen molar-refractivity contribution >= 4 is 11.8 Å². The van der Waals surface area contributed by atoms with Crippen molar-refractivity contribution in [3.05, 3.63) is 0 Å². The molecule has 0 unspecified atom stereocenters. The summed E-state index contributed by atoms with van der Waals surface area (Å²) in [5.74, 6) is 0.161. The first-order valence-electron chi connectivity index (χ1n) is 12.3. The second kappa shape index (κ2) is 8.90. The van der Waals surface area contributed by atoms with Gasteiger partial charge in [-0.15, -0.1) is 0 Å². The molecule has 2 saturated heterocycles. The third kappa shape index (κ3) is 5.49. The molecule has 0 saturated carbocycles. The van der Waals surface area contributed by atoms with Gasteiger partial charge in [0, 0.05) is 61.2 Å². The Morgan fingerprint density at radius 3 is 1.06 bits per heavy atom. The van der Waals surface area contributed by atoms with Crippen LogP contribution in [0.4, 0.5) is 0 Å². The second-order valence-electron chi connectivity index (χ2n) is 13.0. The molecule has 2 amide bonds. The minimum atomic E-state index is 0.0325. The van der Waals surface area contributed by atoms with Gasteiger partial charge in [-0.1, -0.05) is 0 Å². The summed E-state index contributed by atoms with van der Waals surface area (Å²) < 4.78 is 0. The van der Waals surface area contributed by atoms with Crippen LogP contribution in [0.15, 0.2) is 0 Å². The van der Waals surface area contributed by atoms with Crippen LogP contribution in [0, 0.1) is 0 Å². The van der Waals surface area contributed by atoms with Gasteiger partial charge in [0.15, 0.2) is 0 Å². The molecule has 0 atom stereocenters. The van der Waals surface area contributed by atoms with E-state index in [1.807, 2.05) is 23.9 Å². The lowest BCUT2D eigenvalue weighted by atomic mass is 9.77. The Morgan fingerprint density at radius 2 is 0.844 bits per heavy atom. The zero-order chi connectivity index (χ0) is 24.9. The van der Waals surface area contributed by atoms with E-state index >= 15 is 0 Å². The Kier molecular flexibility index (Phi) is 7.54. The van der Waals surface area contributed by atoms with Crippen LogP contribution in [0.25, 0.3) is 0 Å². The largest absolute Gasteiger partial charge is 0.343 e. The van der Waals surface area contributed by atoms with Gasteiger partial charge in [-0.3, -0.25) is 19.4 Å². The normalized spacial score (nSPS) is 26.0. The predicted octanol–water partition coefficient (Wildman–Crippen LogP) is 3.99. The molecule has 0 aliphatic carbocycles. The van der Waals surface area contributed by atoms with Gasteiger partial charge in [0.1, 0.15) is 0 Å². The summed E-state index contributed by atoms with van der Waals surface area (Å²) in [6.07, 6.45) is 4.36. The van der Waals surface area contributed by atoms with E-state index in [4.69, 9.17) is 0 Å². The fourth-order valence-corrected chi connectivity index (χ4v) is 6.16. The lowest BCUT2D eigenvalue weighted by Gasteiger charge is -2.55. The van der Waals surface area contributed by atoms with Crippen LogP contribution in [0.5, 0.6) is 0 Å². The average Bonchev–Trinajstić information content (AvgIpc) is 2.65. The molecule has 0 bridgehead atoms. The molecule has 0 aromatic heterocycles. The fraction of sp³-hybridized carbons (Fsp3) is 0.923. The number of hydrogen-bond donors (Lipinski definition) is 0. The highest BCUT2D eigenvalue weighted by atomic mass is 16.2. The topological polar surface area (TPSA) is 47.1 Å². The third-order valence-corrected chi connectivity index (χ3v) is 9.01. The molecule has 2 rings (SSSR count). The Labute approximate surface area is 197 Å². The van der Waals surface area contributed by atoms with Crippen LogP contribution >= 0.6 is 0 Å². The maximum atomic E-state index is 13.0. The van der Waals surface area contributed by atoms with Crippen LogP contribution in [0.2, 0.25) is 0 Å². The van der Waals surface area contributed by atoms with Crippen molar-refractivity contribution in [3.63, 3.8) is 0 Å². The lowest BCUT2D eigenvalue weighted by molar-refractivity contribution is -0.142. The Bertz CT molecular complexity index is 617. The molecule has 32 heavy (non-hydrogen) atoms. The number of piperidine rings is 2. The van der Waals surface area contributed by atoms with Gasteiger partial charge >= 0.3 is 0 Å². The molecular formula is C26H50N4O2. The molecule has 0 aromatic carbocycles. The first kappa shape index (κ1) is 27.1. The molecule has 0 radical (unpaired) electrons. The van der Waals surface area contributed by atoms with Crippen molar-refractivity contribution < 1.29 is 9.59 Å². The van der Waals surface area contributed by atoms with Crippen molar-refractivity contribution in [1.82, 2.24) is 19.6 Å². The molecular weight excluding hydrogens is 400 g/mol. The van der Waals surface area contributed by atoms with E-state index in [0.29, 0.717) is 0 Å². The van der Waals surface area contributed by atoms with Crippen molar-refractivity contribution in [1.29, 1.82) is 0 Å². The number of hydrogen-bond acceptors (Lipinski definition) is 4. The van der Waals surface area contributed by atoms with Crippen LogP contribution in [0.1, 0.15) is 93.9 Å². The first-order chi connectivity index (χ1) is 14.3. The summed E-state index contributed by atoms with van der Waals surface area (Å²) in [7, 11) is 8.19. The number of carbonyl (C=O) groups excluding carboxylic acids is 2. The van der Waals surface area contributed by atoms with Gasteiger partial charge in [-0.2, -0.15) is 0 Å². The summed E-state index contributed by atoms with van der Waals surface area (Å²) in [5, 5.41) is 0. The number of rotatable bonds is 5. The van der Waals surface area contributed by atoms with E-state index in [0.717, 1.165) is 25.7 Å². The van der Waals surface area contributed by atoms with Crippen LogP contribution < -0.4 is 0 Å². The minimum absolute atomic E-state index is 0.0325. The van der Waals surface area contributed by atoms with Crippen molar-refractivity contribution in [2.45, 2.75) is 128 Å². The molecule has 2 aliphatic rings. The number of carbonyl (C=O) groups is 2. The van der Waals surface area contributed by atoms with Crippen LogP contribution in [-0.2, 0) is 9.59 Å². The molecule has 0 spiro atoms. The molecule has 0 N–H and O–H groups in total. The maximum Gasteiger partial charge on any atom is 0.223 e. The third-order valence-electron chi connectivity index (χ3n) is 9.01. The Morgan fingerprint density at radius 1 is 0.625 bits per heavy atom. The average molecular weight is 451 g/mol. The SMILES string of the molecule is CN(C(=O)CCC(=O)N(C)C1CC(C)(C)N(C)C(C)(C)C1)C1CC(C)(C)N(C)C(C)(C)C1. The van der Waals surface area contributed by atoms with E-state index in [2.05, 4.69) is 79.3 Å². The molecule has 2 heterocycles. The zero-order valence-electron chi connectivity index (χ0n) is 23.0. The number of nitrogens with zero attached hydrogens (tertiary/aromatic N) is 4. The Balaban J connectivity index is 1.97. The molecule has 6 nitrogen and oxygen atoms in total. The summed E-state index contributed by atoms with van der Waals surface area (Å²) in [5.41, 5.74) is 0.130. The van der Waals surface area contributed by atoms with E-state index in [-0.39, 0.29) is 58.9 Å². The summed E-state index contributed by atoms with van der Waals surface area (Å²) >= 11 is 0. The molecule has 2 aliphatic heterocycles. The van der Waals surface area contributed by atoms with E-state index in [1.165, 1.54) is 0 Å². The van der Waals surface area contributed by atoms with Crippen molar-refractivity contribution in [3.8, 4) is 0 Å². The van der Waals surface area contributed by atoms with Gasteiger partial charge in [0.2, 0.25) is 11.8 Å². The summed E-state index contributed by atoms with van der Waals surface area (Å²) in [6.45, 7) is 18.0. The summed E-state index contributed by atoms with van der Waals surface area (Å²) in [4.78, 5) is 34.7. The van der Waals surface area contributed by atoms with Gasteiger partial charge in [0.25, 0.3) is 0 Å². The van der Waals surface area contributed by atoms with Gasteiger partial charge in [0.05, 0.1) is 0 Å². The maximum absolute atomic E-state index is 13.0. The Hall–Kier alpha value is -1.14. The van der Waals surface area contributed by atoms with Gasteiger partial charge in [-0.05, 0) is 95.2 Å². The molecule has 186 valence electrons.